The fourth-order valence-corrected chi connectivity index (χ4v) is 4.51. The molecule has 144 valence electrons. The summed E-state index contributed by atoms with van der Waals surface area (Å²) in [6.07, 6.45) is 1.39. The van der Waals surface area contributed by atoms with Gasteiger partial charge in [0.05, 0.1) is 22.4 Å². The van der Waals surface area contributed by atoms with Crippen molar-refractivity contribution in [2.24, 2.45) is 22.4 Å². The Hall–Kier alpha value is -2.43. The molecular formula is C16H18ClN5O4S. The zero-order valence-electron chi connectivity index (χ0n) is 14.4. The largest absolute Gasteiger partial charge is 0.466 e. The van der Waals surface area contributed by atoms with Crippen molar-refractivity contribution in [3.05, 3.63) is 29.4 Å². The van der Waals surface area contributed by atoms with Crippen molar-refractivity contribution in [3.8, 4) is 0 Å². The second-order valence-corrected chi connectivity index (χ2v) is 8.29. The highest BCUT2D eigenvalue weighted by Gasteiger charge is 2.41. The highest BCUT2D eigenvalue weighted by molar-refractivity contribution is 7.89. The van der Waals surface area contributed by atoms with Gasteiger partial charge in [0.2, 0.25) is 10.0 Å². The molecule has 0 bridgehead atoms. The lowest BCUT2D eigenvalue weighted by atomic mass is 10.0. The van der Waals surface area contributed by atoms with E-state index in [1.54, 1.807) is 13.0 Å². The maximum absolute atomic E-state index is 12.8. The van der Waals surface area contributed by atoms with Gasteiger partial charge in [-0.25, -0.2) is 13.4 Å². The van der Waals surface area contributed by atoms with Crippen LogP contribution in [0.1, 0.15) is 6.92 Å². The Labute approximate surface area is 161 Å². The van der Waals surface area contributed by atoms with Gasteiger partial charge in [-0.2, -0.15) is 9.30 Å². The first kappa shape index (κ1) is 19.3. The van der Waals surface area contributed by atoms with Crippen LogP contribution in [0.4, 0.5) is 5.82 Å². The minimum absolute atomic E-state index is 0.0356. The van der Waals surface area contributed by atoms with Crippen molar-refractivity contribution in [3.63, 3.8) is 0 Å². The molecule has 1 aromatic heterocycles. The predicted octanol–water partition coefficient (Wildman–Crippen LogP) is 0.977. The van der Waals surface area contributed by atoms with Crippen molar-refractivity contribution in [1.29, 1.82) is 0 Å². The van der Waals surface area contributed by atoms with E-state index >= 15 is 0 Å². The lowest BCUT2D eigenvalue weighted by Crippen LogP contribution is -2.53. The number of nitrogens with zero attached hydrogens (tertiary/aromatic N) is 3. The lowest BCUT2D eigenvalue weighted by Gasteiger charge is -2.36. The number of ether oxygens (including phenoxy) is 1. The van der Waals surface area contributed by atoms with Crippen molar-refractivity contribution in [2.45, 2.75) is 11.8 Å². The minimum atomic E-state index is -3.79. The van der Waals surface area contributed by atoms with Crippen LogP contribution >= 0.6 is 11.6 Å². The highest BCUT2D eigenvalue weighted by Crippen LogP contribution is 2.33. The molecule has 27 heavy (non-hydrogen) atoms. The predicted molar refractivity (Wildman–Crippen MR) is 101 cm³/mol. The third-order valence-corrected chi connectivity index (χ3v) is 6.26. The van der Waals surface area contributed by atoms with Gasteiger partial charge in [0.15, 0.2) is 11.8 Å². The number of aliphatic imine (C=N–C) groups is 1. The second kappa shape index (κ2) is 7.29. The summed E-state index contributed by atoms with van der Waals surface area (Å²) >= 11 is 6.13. The Morgan fingerprint density at radius 2 is 2.07 bits per heavy atom. The summed E-state index contributed by atoms with van der Waals surface area (Å²) in [4.78, 5) is 19.7. The van der Waals surface area contributed by atoms with Crippen LogP contribution in [0.5, 0.6) is 0 Å². The second-order valence-electron chi connectivity index (χ2n) is 5.94. The van der Waals surface area contributed by atoms with Gasteiger partial charge >= 0.3 is 5.97 Å². The molecule has 3 rings (SSSR count). The summed E-state index contributed by atoms with van der Waals surface area (Å²) in [6, 6.07) is 4.43. The topological polar surface area (TPSA) is 141 Å². The van der Waals surface area contributed by atoms with E-state index < -0.39 is 21.9 Å². The van der Waals surface area contributed by atoms with E-state index in [0.717, 1.165) is 0 Å². The van der Waals surface area contributed by atoms with Crippen LogP contribution in [0.25, 0.3) is 10.8 Å². The highest BCUT2D eigenvalue weighted by atomic mass is 35.5. The molecule has 0 saturated carbocycles. The molecule has 1 aliphatic heterocycles. The molecule has 9 nitrogen and oxygen atoms in total. The van der Waals surface area contributed by atoms with Gasteiger partial charge in [0.1, 0.15) is 0 Å². The number of sulfonamides is 1. The van der Waals surface area contributed by atoms with Gasteiger partial charge in [-0.1, -0.05) is 17.7 Å². The molecule has 0 atom stereocenters. The summed E-state index contributed by atoms with van der Waals surface area (Å²) in [6.45, 7) is 2.11. The molecule has 4 N–H and O–H groups in total. The quantitative estimate of drug-likeness (QED) is 0.424. The number of hydrogen-bond donors (Lipinski definition) is 2. The molecule has 0 radical (unpaired) electrons. The Morgan fingerprint density at radius 1 is 1.37 bits per heavy atom. The van der Waals surface area contributed by atoms with Crippen molar-refractivity contribution >= 4 is 50.1 Å². The number of esters is 1. The van der Waals surface area contributed by atoms with Crippen molar-refractivity contribution in [2.75, 3.05) is 19.7 Å². The zero-order valence-corrected chi connectivity index (χ0v) is 16.0. The fraction of sp³-hybridized carbons (Fsp3) is 0.312. The third-order valence-electron chi connectivity index (χ3n) is 4.13. The summed E-state index contributed by atoms with van der Waals surface area (Å²) in [5, 5.41) is 1.31. The van der Waals surface area contributed by atoms with Crippen LogP contribution in [-0.2, 0) is 19.6 Å². The number of halogens is 1. The van der Waals surface area contributed by atoms with Crippen LogP contribution in [0.2, 0.25) is 5.02 Å². The summed E-state index contributed by atoms with van der Waals surface area (Å²) < 4.78 is 31.8. The number of pyridine rings is 1. The Morgan fingerprint density at radius 3 is 2.70 bits per heavy atom. The van der Waals surface area contributed by atoms with Gasteiger partial charge in [-0.3, -0.25) is 4.79 Å². The number of carbonyl (C=O) groups excluding carboxylic acids is 1. The standard InChI is InChI=1S/C16H18ClN5O4S/c1-2-26-15(23)9-7-22(8-9)27(24,25)10-3-4-11-12(5-10)14(21-16(18)19)20-6-13(11)17/h3-6,9H,2,7-8H2,1H3,(H4,18,19,20,21). The first-order valence-electron chi connectivity index (χ1n) is 8.08. The maximum atomic E-state index is 12.8. The molecule has 1 saturated heterocycles. The normalized spacial score (nSPS) is 15.3. The van der Waals surface area contributed by atoms with Crippen molar-refractivity contribution < 1.29 is 17.9 Å². The molecule has 1 fully saturated rings. The smallest absolute Gasteiger partial charge is 0.311 e. The number of hydrogen-bond acceptors (Lipinski definition) is 6. The lowest BCUT2D eigenvalue weighted by molar-refractivity contribution is -0.151. The molecule has 0 spiro atoms. The average molecular weight is 412 g/mol. The average Bonchev–Trinajstić information content (AvgIpc) is 2.55. The maximum Gasteiger partial charge on any atom is 0.311 e. The van der Waals surface area contributed by atoms with Crippen LogP contribution in [0, 0.1) is 5.92 Å². The Bertz CT molecular complexity index is 1030. The summed E-state index contributed by atoms with van der Waals surface area (Å²) in [5.74, 6) is -0.888. The van der Waals surface area contributed by atoms with Gasteiger partial charge in [0.25, 0.3) is 0 Å². The first-order chi connectivity index (χ1) is 12.7. The first-order valence-corrected chi connectivity index (χ1v) is 9.90. The van der Waals surface area contributed by atoms with Crippen LogP contribution in [0.15, 0.2) is 34.3 Å². The molecule has 0 unspecified atom stereocenters. The van der Waals surface area contributed by atoms with E-state index in [4.69, 9.17) is 27.8 Å². The van der Waals surface area contributed by atoms with E-state index in [1.165, 1.54) is 22.6 Å². The number of rotatable bonds is 5. The SMILES string of the molecule is CCOC(=O)C1CN(S(=O)(=O)c2ccc3c(Cl)cnc(N=C(N)N)c3c2)C1. The number of fused-ring (bicyclic) bond motifs is 1. The van der Waals surface area contributed by atoms with Crippen LogP contribution in [-0.4, -0.2) is 49.3 Å². The Balaban J connectivity index is 1.95. The van der Waals surface area contributed by atoms with Crippen LogP contribution in [0.3, 0.4) is 0 Å². The van der Waals surface area contributed by atoms with Gasteiger partial charge < -0.3 is 16.2 Å². The van der Waals surface area contributed by atoms with Crippen molar-refractivity contribution in [1.82, 2.24) is 9.29 Å². The number of guanidine groups is 1. The summed E-state index contributed by atoms with van der Waals surface area (Å²) in [7, 11) is -3.79. The minimum Gasteiger partial charge on any atom is -0.466 e. The van der Waals surface area contributed by atoms with Gasteiger partial charge in [-0.05, 0) is 19.1 Å². The molecule has 0 amide bonds. The molecule has 11 heteroatoms. The third kappa shape index (κ3) is 3.68. The summed E-state index contributed by atoms with van der Waals surface area (Å²) in [5.41, 5.74) is 10.8. The molecule has 2 aromatic rings. The Kier molecular flexibility index (Phi) is 5.22. The molecule has 1 aliphatic rings. The van der Waals surface area contributed by atoms with E-state index in [2.05, 4.69) is 9.98 Å². The van der Waals surface area contributed by atoms with Crippen LogP contribution < -0.4 is 11.5 Å². The number of carbonyl (C=O) groups is 1. The van der Waals surface area contributed by atoms with Gasteiger partial charge in [-0.15, -0.1) is 0 Å². The molecule has 2 heterocycles. The van der Waals surface area contributed by atoms with E-state index in [0.29, 0.717) is 15.8 Å². The molecular weight excluding hydrogens is 394 g/mol. The number of aromatic nitrogens is 1. The molecule has 0 aliphatic carbocycles. The van der Waals surface area contributed by atoms with Gasteiger partial charge in [0, 0.05) is 30.1 Å². The van der Waals surface area contributed by atoms with E-state index in [-0.39, 0.29) is 36.4 Å². The monoisotopic (exact) mass is 411 g/mol. The van der Waals surface area contributed by atoms with E-state index in [1.807, 2.05) is 0 Å². The molecule has 1 aromatic carbocycles. The zero-order chi connectivity index (χ0) is 19.8. The fourth-order valence-electron chi connectivity index (χ4n) is 2.74. The number of benzene rings is 1. The van der Waals surface area contributed by atoms with E-state index in [9.17, 15) is 13.2 Å². The number of nitrogens with two attached hydrogens (primary N) is 2.